The number of hydrogen-bond acceptors (Lipinski definition) is 7. The van der Waals surface area contributed by atoms with Crippen molar-refractivity contribution in [1.82, 2.24) is 9.47 Å². The summed E-state index contributed by atoms with van der Waals surface area (Å²) in [5.41, 5.74) is 0.513. The zero-order valence-electron chi connectivity index (χ0n) is 13.3. The number of nitro benzene ring substituents is 1. The number of hydrogen-bond donors (Lipinski definition) is 0. The summed E-state index contributed by atoms with van der Waals surface area (Å²) in [6.45, 7) is 0.178. The molecule has 4 rings (SSSR count). The van der Waals surface area contributed by atoms with E-state index in [0.717, 1.165) is 12.8 Å². The van der Waals surface area contributed by atoms with Crippen LogP contribution in [0.2, 0.25) is 0 Å². The predicted octanol–water partition coefficient (Wildman–Crippen LogP) is 1.11. The standard InChI is InChI=1S/C15H17N3O6S/c19-15-17(13-7-11(18(20)21)3-4-14(13)24-15)9-16(10-1-2-10)12-5-6-25(22,23)8-12/h3-4,7,10,12H,1-2,5-6,8-9H2. The molecule has 9 nitrogen and oxygen atoms in total. The van der Waals surface area contributed by atoms with Gasteiger partial charge in [-0.05, 0) is 25.3 Å². The van der Waals surface area contributed by atoms with Crippen molar-refractivity contribution in [1.29, 1.82) is 0 Å². The number of nitrogens with zero attached hydrogens (tertiary/aromatic N) is 3. The van der Waals surface area contributed by atoms with Gasteiger partial charge >= 0.3 is 5.76 Å². The van der Waals surface area contributed by atoms with E-state index in [-0.39, 0.29) is 41.5 Å². The highest BCUT2D eigenvalue weighted by molar-refractivity contribution is 7.91. The van der Waals surface area contributed by atoms with Gasteiger partial charge in [0.25, 0.3) is 5.69 Å². The molecule has 134 valence electrons. The predicted molar refractivity (Wildman–Crippen MR) is 89.0 cm³/mol. The lowest BCUT2D eigenvalue weighted by Gasteiger charge is -2.27. The first-order valence-electron chi connectivity index (χ1n) is 8.08. The number of aromatic nitrogens is 1. The van der Waals surface area contributed by atoms with E-state index in [1.165, 1.54) is 22.8 Å². The van der Waals surface area contributed by atoms with Crippen LogP contribution in [-0.4, -0.2) is 46.4 Å². The average Bonchev–Trinajstić information content (AvgIpc) is 3.25. The first-order chi connectivity index (χ1) is 11.8. The number of rotatable bonds is 5. The molecule has 0 radical (unpaired) electrons. The third-order valence-electron chi connectivity index (χ3n) is 4.86. The molecule has 2 aromatic rings. The molecular formula is C15H17N3O6S. The van der Waals surface area contributed by atoms with Gasteiger partial charge in [0.05, 0.1) is 28.6 Å². The minimum atomic E-state index is -3.04. The van der Waals surface area contributed by atoms with Crippen molar-refractivity contribution >= 4 is 26.6 Å². The van der Waals surface area contributed by atoms with Crippen LogP contribution < -0.4 is 5.76 Å². The van der Waals surface area contributed by atoms with Crippen LogP contribution in [0.4, 0.5) is 5.69 Å². The summed E-state index contributed by atoms with van der Waals surface area (Å²) in [7, 11) is -3.04. The largest absolute Gasteiger partial charge is 0.421 e. The van der Waals surface area contributed by atoms with E-state index in [4.69, 9.17) is 4.42 Å². The molecule has 0 bridgehead atoms. The molecule has 10 heteroatoms. The van der Waals surface area contributed by atoms with Crippen LogP contribution in [0.15, 0.2) is 27.4 Å². The molecule has 1 aromatic heterocycles. The second-order valence-electron chi connectivity index (χ2n) is 6.65. The third kappa shape index (κ3) is 3.07. The molecule has 1 atom stereocenters. The van der Waals surface area contributed by atoms with E-state index in [0.29, 0.717) is 11.9 Å². The molecular weight excluding hydrogens is 350 g/mol. The number of non-ortho nitro benzene ring substituents is 1. The molecule has 1 saturated carbocycles. The maximum atomic E-state index is 12.2. The zero-order chi connectivity index (χ0) is 17.8. The molecule has 0 amide bonds. The van der Waals surface area contributed by atoms with Crippen LogP contribution in [-0.2, 0) is 16.5 Å². The van der Waals surface area contributed by atoms with Gasteiger partial charge in [-0.25, -0.2) is 13.2 Å². The second-order valence-corrected chi connectivity index (χ2v) is 8.88. The van der Waals surface area contributed by atoms with Crippen LogP contribution in [0.5, 0.6) is 0 Å². The van der Waals surface area contributed by atoms with Gasteiger partial charge < -0.3 is 4.42 Å². The second kappa shape index (κ2) is 5.67. The summed E-state index contributed by atoms with van der Waals surface area (Å²) < 4.78 is 30.1. The number of oxazole rings is 1. The summed E-state index contributed by atoms with van der Waals surface area (Å²) in [5, 5.41) is 11.0. The molecule has 1 aliphatic carbocycles. The minimum Gasteiger partial charge on any atom is -0.408 e. The lowest BCUT2D eigenvalue weighted by Crippen LogP contribution is -2.41. The summed E-state index contributed by atoms with van der Waals surface area (Å²) in [4.78, 5) is 24.7. The van der Waals surface area contributed by atoms with Gasteiger partial charge in [0.1, 0.15) is 0 Å². The van der Waals surface area contributed by atoms with Gasteiger partial charge in [0, 0.05) is 24.2 Å². The molecule has 1 aliphatic heterocycles. The first kappa shape index (κ1) is 16.3. The summed E-state index contributed by atoms with van der Waals surface area (Å²) in [5.74, 6) is -0.344. The Balaban J connectivity index is 1.71. The van der Waals surface area contributed by atoms with Gasteiger partial charge in [0.15, 0.2) is 15.4 Å². The molecule has 2 fully saturated rings. The van der Waals surface area contributed by atoms with Crippen LogP contribution in [0.3, 0.4) is 0 Å². The normalized spacial score (nSPS) is 22.7. The van der Waals surface area contributed by atoms with E-state index < -0.39 is 20.5 Å². The Hall–Kier alpha value is -2.20. The summed E-state index contributed by atoms with van der Waals surface area (Å²) in [6, 6.07) is 4.13. The Morgan fingerprint density at radius 2 is 2.04 bits per heavy atom. The van der Waals surface area contributed by atoms with Crippen molar-refractivity contribution in [3.8, 4) is 0 Å². The van der Waals surface area contributed by atoms with Crippen molar-refractivity contribution in [3.63, 3.8) is 0 Å². The Kier molecular flexibility index (Phi) is 3.69. The number of nitro groups is 1. The van der Waals surface area contributed by atoms with Gasteiger partial charge in [-0.1, -0.05) is 0 Å². The van der Waals surface area contributed by atoms with Gasteiger partial charge in [0.2, 0.25) is 0 Å². The fourth-order valence-electron chi connectivity index (χ4n) is 3.43. The van der Waals surface area contributed by atoms with E-state index >= 15 is 0 Å². The maximum absolute atomic E-state index is 12.2. The number of benzene rings is 1. The van der Waals surface area contributed by atoms with E-state index in [1.54, 1.807) is 0 Å². The van der Waals surface area contributed by atoms with Gasteiger partial charge in [-0.15, -0.1) is 0 Å². The van der Waals surface area contributed by atoms with Crippen LogP contribution >= 0.6 is 0 Å². The lowest BCUT2D eigenvalue weighted by molar-refractivity contribution is -0.384. The number of fused-ring (bicyclic) bond motifs is 1. The molecule has 1 saturated heterocycles. The molecule has 1 aromatic carbocycles. The Morgan fingerprint density at radius 1 is 1.28 bits per heavy atom. The Bertz CT molecular complexity index is 1000. The van der Waals surface area contributed by atoms with E-state index in [2.05, 4.69) is 0 Å². The highest BCUT2D eigenvalue weighted by Crippen LogP contribution is 2.33. The van der Waals surface area contributed by atoms with Crippen molar-refractivity contribution in [2.24, 2.45) is 0 Å². The van der Waals surface area contributed by atoms with Crippen molar-refractivity contribution in [2.75, 3.05) is 11.5 Å². The average molecular weight is 367 g/mol. The fraction of sp³-hybridized carbons (Fsp3) is 0.533. The molecule has 2 heterocycles. The van der Waals surface area contributed by atoms with Crippen LogP contribution in [0.25, 0.3) is 11.1 Å². The fourth-order valence-corrected chi connectivity index (χ4v) is 5.18. The lowest BCUT2D eigenvalue weighted by atomic mass is 10.2. The van der Waals surface area contributed by atoms with Crippen LogP contribution in [0.1, 0.15) is 19.3 Å². The monoisotopic (exact) mass is 367 g/mol. The number of sulfone groups is 1. The maximum Gasteiger partial charge on any atom is 0.421 e. The SMILES string of the molecule is O=c1oc2ccc([N+](=O)[O-])cc2n1CN(C1CC1)C1CCS(=O)(=O)C1. The van der Waals surface area contributed by atoms with Crippen molar-refractivity contribution in [3.05, 3.63) is 38.9 Å². The zero-order valence-corrected chi connectivity index (χ0v) is 14.1. The van der Waals surface area contributed by atoms with E-state index in [1.807, 2.05) is 4.90 Å². The minimum absolute atomic E-state index is 0.0915. The molecule has 0 N–H and O–H groups in total. The van der Waals surface area contributed by atoms with Crippen molar-refractivity contribution in [2.45, 2.75) is 38.0 Å². The molecule has 0 spiro atoms. The smallest absolute Gasteiger partial charge is 0.408 e. The topological polar surface area (TPSA) is 116 Å². The highest BCUT2D eigenvalue weighted by atomic mass is 32.2. The van der Waals surface area contributed by atoms with Crippen molar-refractivity contribution < 1.29 is 17.8 Å². The summed E-state index contributed by atoms with van der Waals surface area (Å²) in [6.07, 6.45) is 2.46. The summed E-state index contributed by atoms with van der Waals surface area (Å²) >= 11 is 0. The molecule has 1 unspecified atom stereocenters. The Morgan fingerprint density at radius 3 is 2.64 bits per heavy atom. The quantitative estimate of drug-likeness (QED) is 0.574. The van der Waals surface area contributed by atoms with Gasteiger partial charge in [-0.2, -0.15) is 0 Å². The molecule has 2 aliphatic rings. The highest BCUT2D eigenvalue weighted by Gasteiger charge is 2.40. The van der Waals surface area contributed by atoms with E-state index in [9.17, 15) is 23.3 Å². The first-order valence-corrected chi connectivity index (χ1v) is 9.90. The molecule has 25 heavy (non-hydrogen) atoms. The Labute approximate surface area is 142 Å². The third-order valence-corrected chi connectivity index (χ3v) is 6.61. The van der Waals surface area contributed by atoms with Crippen LogP contribution in [0, 0.1) is 10.1 Å². The van der Waals surface area contributed by atoms with Gasteiger partial charge in [-0.3, -0.25) is 19.6 Å².